The van der Waals surface area contributed by atoms with Crippen molar-refractivity contribution in [3.63, 3.8) is 0 Å². The summed E-state index contributed by atoms with van der Waals surface area (Å²) >= 11 is 0. The highest BCUT2D eigenvalue weighted by atomic mass is 16.5. The third kappa shape index (κ3) is 2.39. The van der Waals surface area contributed by atoms with Gasteiger partial charge in [-0.25, -0.2) is 0 Å². The average molecular weight is 277 g/mol. The van der Waals surface area contributed by atoms with Gasteiger partial charge in [0.25, 0.3) is 0 Å². The SMILES string of the molecule is CC1CCCC(N)(c2noc(C3CCCC3(C)C)n2)C1. The van der Waals surface area contributed by atoms with Crippen molar-refractivity contribution in [2.75, 3.05) is 0 Å². The minimum absolute atomic E-state index is 0.269. The first kappa shape index (κ1) is 14.1. The van der Waals surface area contributed by atoms with E-state index in [0.717, 1.165) is 37.4 Å². The molecule has 2 N–H and O–H groups in total. The minimum Gasteiger partial charge on any atom is -0.339 e. The molecule has 3 unspecified atom stereocenters. The molecule has 2 aliphatic rings. The second kappa shape index (κ2) is 4.83. The van der Waals surface area contributed by atoms with Gasteiger partial charge in [-0.05, 0) is 37.0 Å². The smallest absolute Gasteiger partial charge is 0.230 e. The molecule has 3 atom stereocenters. The summed E-state index contributed by atoms with van der Waals surface area (Å²) in [6, 6.07) is 0. The van der Waals surface area contributed by atoms with Crippen LogP contribution in [-0.4, -0.2) is 10.1 Å². The molecule has 2 aliphatic carbocycles. The van der Waals surface area contributed by atoms with Gasteiger partial charge in [-0.1, -0.05) is 45.2 Å². The molecule has 0 aliphatic heterocycles. The van der Waals surface area contributed by atoms with E-state index in [-0.39, 0.29) is 11.0 Å². The molecule has 0 amide bonds. The maximum Gasteiger partial charge on any atom is 0.230 e. The van der Waals surface area contributed by atoms with E-state index >= 15 is 0 Å². The maximum absolute atomic E-state index is 6.57. The monoisotopic (exact) mass is 277 g/mol. The summed E-state index contributed by atoms with van der Waals surface area (Å²) in [4.78, 5) is 4.71. The van der Waals surface area contributed by atoms with Crippen LogP contribution in [-0.2, 0) is 5.54 Å². The summed E-state index contributed by atoms with van der Waals surface area (Å²) < 4.78 is 5.60. The number of nitrogens with zero attached hydrogens (tertiary/aromatic N) is 2. The van der Waals surface area contributed by atoms with E-state index in [1.165, 1.54) is 19.3 Å². The summed E-state index contributed by atoms with van der Waals surface area (Å²) in [6.45, 7) is 6.87. The molecule has 4 nitrogen and oxygen atoms in total. The van der Waals surface area contributed by atoms with E-state index in [2.05, 4.69) is 25.9 Å². The predicted octanol–water partition coefficient (Wildman–Crippen LogP) is 3.73. The van der Waals surface area contributed by atoms with Gasteiger partial charge >= 0.3 is 0 Å². The molecule has 1 heterocycles. The Bertz CT molecular complexity index is 482. The molecule has 112 valence electrons. The van der Waals surface area contributed by atoms with Crippen molar-refractivity contribution in [3.05, 3.63) is 11.7 Å². The van der Waals surface area contributed by atoms with Gasteiger partial charge in [-0.2, -0.15) is 4.98 Å². The van der Waals surface area contributed by atoms with E-state index in [4.69, 9.17) is 15.2 Å². The Morgan fingerprint density at radius 1 is 1.20 bits per heavy atom. The molecule has 0 radical (unpaired) electrons. The molecular formula is C16H27N3O. The predicted molar refractivity (Wildman–Crippen MR) is 78.2 cm³/mol. The summed E-state index contributed by atoms with van der Waals surface area (Å²) in [5, 5.41) is 4.25. The Balaban J connectivity index is 1.83. The average Bonchev–Trinajstić information content (AvgIpc) is 2.94. The first-order valence-corrected chi connectivity index (χ1v) is 8.04. The molecule has 2 saturated carbocycles. The molecule has 4 heteroatoms. The third-order valence-corrected chi connectivity index (χ3v) is 5.47. The fourth-order valence-corrected chi connectivity index (χ4v) is 4.16. The van der Waals surface area contributed by atoms with Crippen molar-refractivity contribution < 1.29 is 4.52 Å². The normalized spacial score (nSPS) is 37.2. The molecular weight excluding hydrogens is 250 g/mol. The zero-order valence-electron chi connectivity index (χ0n) is 13.0. The lowest BCUT2D eigenvalue weighted by Crippen LogP contribution is -2.42. The molecule has 0 bridgehead atoms. The largest absolute Gasteiger partial charge is 0.339 e. The van der Waals surface area contributed by atoms with Crippen molar-refractivity contribution in [1.82, 2.24) is 10.1 Å². The van der Waals surface area contributed by atoms with Crippen LogP contribution >= 0.6 is 0 Å². The number of hydrogen-bond acceptors (Lipinski definition) is 4. The van der Waals surface area contributed by atoms with Gasteiger partial charge in [-0.15, -0.1) is 0 Å². The van der Waals surface area contributed by atoms with Crippen LogP contribution in [0.25, 0.3) is 0 Å². The van der Waals surface area contributed by atoms with Gasteiger partial charge in [0.05, 0.1) is 5.54 Å². The summed E-state index contributed by atoms with van der Waals surface area (Å²) in [5.41, 5.74) is 6.46. The van der Waals surface area contributed by atoms with E-state index in [9.17, 15) is 0 Å². The highest BCUT2D eigenvalue weighted by Gasteiger charge is 2.42. The Kier molecular flexibility index (Phi) is 3.39. The van der Waals surface area contributed by atoms with E-state index < -0.39 is 0 Å². The van der Waals surface area contributed by atoms with Gasteiger partial charge in [-0.3, -0.25) is 0 Å². The van der Waals surface area contributed by atoms with E-state index in [1.54, 1.807) is 0 Å². The van der Waals surface area contributed by atoms with Crippen molar-refractivity contribution in [1.29, 1.82) is 0 Å². The third-order valence-electron chi connectivity index (χ3n) is 5.47. The van der Waals surface area contributed by atoms with Gasteiger partial charge in [0.2, 0.25) is 5.89 Å². The van der Waals surface area contributed by atoms with E-state index in [1.807, 2.05) is 0 Å². The van der Waals surface area contributed by atoms with Gasteiger partial charge in [0, 0.05) is 5.92 Å². The quantitative estimate of drug-likeness (QED) is 0.894. The zero-order chi connectivity index (χ0) is 14.4. The Morgan fingerprint density at radius 3 is 2.60 bits per heavy atom. The fourth-order valence-electron chi connectivity index (χ4n) is 4.16. The zero-order valence-corrected chi connectivity index (χ0v) is 13.0. The van der Waals surface area contributed by atoms with Gasteiger partial charge in [0.1, 0.15) is 0 Å². The minimum atomic E-state index is -0.373. The van der Waals surface area contributed by atoms with Crippen molar-refractivity contribution in [2.24, 2.45) is 17.1 Å². The number of nitrogens with two attached hydrogens (primary N) is 1. The number of hydrogen-bond donors (Lipinski definition) is 1. The van der Waals surface area contributed by atoms with Crippen LogP contribution in [0, 0.1) is 11.3 Å². The van der Waals surface area contributed by atoms with Crippen LogP contribution in [0.5, 0.6) is 0 Å². The van der Waals surface area contributed by atoms with Crippen LogP contribution in [0.1, 0.15) is 83.3 Å². The molecule has 1 aromatic rings. The molecule has 0 spiro atoms. The summed E-state index contributed by atoms with van der Waals surface area (Å²) in [5.74, 6) is 2.60. The molecule has 0 aromatic carbocycles. The second-order valence-electron chi connectivity index (χ2n) is 7.75. The molecule has 1 aromatic heterocycles. The van der Waals surface area contributed by atoms with Crippen molar-refractivity contribution in [3.8, 4) is 0 Å². The summed E-state index contributed by atoms with van der Waals surface area (Å²) in [7, 11) is 0. The maximum atomic E-state index is 6.57. The topological polar surface area (TPSA) is 64.9 Å². The van der Waals surface area contributed by atoms with Crippen LogP contribution in [0.15, 0.2) is 4.52 Å². The first-order chi connectivity index (χ1) is 9.41. The van der Waals surface area contributed by atoms with Crippen molar-refractivity contribution >= 4 is 0 Å². The van der Waals surface area contributed by atoms with Crippen molar-refractivity contribution in [2.45, 2.75) is 77.2 Å². The number of rotatable bonds is 2. The van der Waals surface area contributed by atoms with Gasteiger partial charge < -0.3 is 10.3 Å². The number of aromatic nitrogens is 2. The Morgan fingerprint density at radius 2 is 1.95 bits per heavy atom. The second-order valence-corrected chi connectivity index (χ2v) is 7.75. The standard InChI is InChI=1S/C16H27N3O/c1-11-6-4-9-16(17,10-11)14-18-13(20-19-14)12-7-5-8-15(12,2)3/h11-12H,4-10,17H2,1-3H3. The summed E-state index contributed by atoms with van der Waals surface area (Å²) in [6.07, 6.45) is 8.02. The lowest BCUT2D eigenvalue weighted by molar-refractivity contribution is 0.219. The Labute approximate surface area is 121 Å². The Hall–Kier alpha value is -0.900. The van der Waals surface area contributed by atoms with Crippen LogP contribution in [0.3, 0.4) is 0 Å². The van der Waals surface area contributed by atoms with Crippen LogP contribution < -0.4 is 5.73 Å². The van der Waals surface area contributed by atoms with Gasteiger partial charge in [0.15, 0.2) is 5.82 Å². The lowest BCUT2D eigenvalue weighted by Gasteiger charge is -2.33. The van der Waals surface area contributed by atoms with E-state index in [0.29, 0.717) is 11.8 Å². The lowest BCUT2D eigenvalue weighted by atomic mass is 9.76. The molecule has 0 saturated heterocycles. The first-order valence-electron chi connectivity index (χ1n) is 8.04. The molecule has 3 rings (SSSR count). The molecule has 20 heavy (non-hydrogen) atoms. The molecule has 2 fully saturated rings. The highest BCUT2D eigenvalue weighted by Crippen LogP contribution is 2.48. The van der Waals surface area contributed by atoms with Crippen LogP contribution in [0.2, 0.25) is 0 Å². The fraction of sp³-hybridized carbons (Fsp3) is 0.875. The van der Waals surface area contributed by atoms with Crippen LogP contribution in [0.4, 0.5) is 0 Å². The highest BCUT2D eigenvalue weighted by molar-refractivity contribution is 5.10.